The molecule has 0 amide bonds. The van der Waals surface area contributed by atoms with Crippen molar-refractivity contribution < 1.29 is 32.2 Å². The van der Waals surface area contributed by atoms with Gasteiger partial charge in [-0.1, -0.05) is 17.7 Å². The van der Waals surface area contributed by atoms with E-state index in [0.717, 1.165) is 29.5 Å². The van der Waals surface area contributed by atoms with Crippen LogP contribution in [0.5, 0.6) is 5.75 Å². The molecule has 0 fully saturated rings. The minimum absolute atomic E-state index is 0.0473. The van der Waals surface area contributed by atoms with E-state index < -0.39 is 23.5 Å². The molecule has 0 saturated heterocycles. The van der Waals surface area contributed by atoms with Gasteiger partial charge >= 0.3 is 12.1 Å². The number of hydrogen-bond acceptors (Lipinski definition) is 4. The zero-order chi connectivity index (χ0) is 21.2. The summed E-state index contributed by atoms with van der Waals surface area (Å²) in [6.45, 7) is -0.0876. The molecule has 1 N–H and O–H groups in total. The summed E-state index contributed by atoms with van der Waals surface area (Å²) in [5, 5.41) is 10.7. The topological polar surface area (TPSA) is 59.4 Å². The van der Waals surface area contributed by atoms with E-state index in [-0.39, 0.29) is 35.1 Å². The van der Waals surface area contributed by atoms with Gasteiger partial charge in [-0.15, -0.1) is 11.3 Å². The molecule has 1 aromatic heterocycles. The van der Waals surface area contributed by atoms with Crippen LogP contribution in [-0.4, -0.2) is 16.1 Å². The first-order chi connectivity index (χ1) is 13.6. The molecule has 152 valence electrons. The van der Waals surface area contributed by atoms with Crippen molar-refractivity contribution in [1.82, 2.24) is 4.98 Å². The average molecular weight is 446 g/mol. The second-order valence-electron chi connectivity index (χ2n) is 5.95. The Morgan fingerprint density at radius 3 is 2.55 bits per heavy atom. The molecular formula is C19H12ClF4NO3S. The normalized spacial score (nSPS) is 11.5. The predicted molar refractivity (Wildman–Crippen MR) is 99.1 cm³/mol. The Balaban J connectivity index is 1.89. The maximum atomic E-state index is 13.2. The summed E-state index contributed by atoms with van der Waals surface area (Å²) >= 11 is 6.97. The molecule has 0 saturated carbocycles. The highest BCUT2D eigenvalue weighted by Gasteiger charge is 2.31. The zero-order valence-electron chi connectivity index (χ0n) is 14.5. The van der Waals surface area contributed by atoms with Crippen LogP contribution in [0, 0.1) is 5.82 Å². The molecule has 10 heteroatoms. The van der Waals surface area contributed by atoms with Crippen molar-refractivity contribution in [3.63, 3.8) is 0 Å². The number of ether oxygens (including phenoxy) is 1. The Morgan fingerprint density at radius 2 is 1.93 bits per heavy atom. The van der Waals surface area contributed by atoms with Gasteiger partial charge in [0, 0.05) is 22.9 Å². The number of aromatic nitrogens is 1. The van der Waals surface area contributed by atoms with Gasteiger partial charge in [-0.25, -0.2) is 14.2 Å². The number of carbonyl (C=O) groups is 1. The van der Waals surface area contributed by atoms with E-state index in [0.29, 0.717) is 10.6 Å². The lowest BCUT2D eigenvalue weighted by Gasteiger charge is -2.15. The molecule has 0 aliphatic rings. The van der Waals surface area contributed by atoms with Crippen LogP contribution in [0.4, 0.5) is 17.6 Å². The number of halogens is 5. The summed E-state index contributed by atoms with van der Waals surface area (Å²) in [5.41, 5.74) is -0.405. The molecule has 0 aliphatic carbocycles. The van der Waals surface area contributed by atoms with Gasteiger partial charge in [0.2, 0.25) is 0 Å². The average Bonchev–Trinajstić information content (AvgIpc) is 3.10. The third kappa shape index (κ3) is 5.24. The summed E-state index contributed by atoms with van der Waals surface area (Å²) in [6.07, 6.45) is -4.60. The van der Waals surface area contributed by atoms with Gasteiger partial charge in [0.25, 0.3) is 0 Å². The van der Waals surface area contributed by atoms with Gasteiger partial charge in [0.05, 0.1) is 15.6 Å². The molecule has 0 unspecified atom stereocenters. The molecule has 0 radical (unpaired) electrons. The fraction of sp³-hybridized carbons (Fsp3) is 0.158. The van der Waals surface area contributed by atoms with Crippen LogP contribution in [0.15, 0.2) is 41.8 Å². The number of alkyl halides is 3. The van der Waals surface area contributed by atoms with Crippen LogP contribution in [0.3, 0.4) is 0 Å². The minimum atomic E-state index is -4.55. The first-order valence-electron chi connectivity index (χ1n) is 8.08. The van der Waals surface area contributed by atoms with Crippen molar-refractivity contribution >= 4 is 28.9 Å². The Bertz CT molecular complexity index is 1050. The monoisotopic (exact) mass is 445 g/mol. The van der Waals surface area contributed by atoms with Crippen LogP contribution in [-0.2, 0) is 19.2 Å². The maximum absolute atomic E-state index is 13.2. The van der Waals surface area contributed by atoms with E-state index in [1.54, 1.807) is 0 Å². The molecule has 2 aromatic carbocycles. The molecule has 0 atom stereocenters. The summed E-state index contributed by atoms with van der Waals surface area (Å²) in [6, 6.07) is 6.72. The van der Waals surface area contributed by atoms with Crippen molar-refractivity contribution in [2.75, 3.05) is 0 Å². The molecule has 0 bridgehead atoms. The number of benzene rings is 2. The maximum Gasteiger partial charge on any atom is 0.416 e. The van der Waals surface area contributed by atoms with E-state index in [4.69, 9.17) is 21.4 Å². The van der Waals surface area contributed by atoms with Crippen LogP contribution >= 0.6 is 22.9 Å². The first kappa shape index (κ1) is 21.1. The predicted octanol–water partition coefficient (Wildman–Crippen LogP) is 5.82. The van der Waals surface area contributed by atoms with Crippen LogP contribution in [0.1, 0.15) is 32.2 Å². The van der Waals surface area contributed by atoms with Gasteiger partial charge in [0.15, 0.2) is 5.69 Å². The standard InChI is InChI=1S/C19H12ClF4NO3S/c20-14-7-13(21)3-1-10(14)8-28-16-4-2-12(19(22,23)24)5-11(16)6-17-25-15(9-29-17)18(26)27/h1-5,7,9H,6,8H2,(H,26,27). The lowest BCUT2D eigenvalue weighted by atomic mass is 10.1. The fourth-order valence-electron chi connectivity index (χ4n) is 2.48. The molecule has 0 aliphatic heterocycles. The van der Waals surface area contributed by atoms with Crippen molar-refractivity contribution in [3.8, 4) is 5.75 Å². The number of aromatic carboxylic acids is 1. The molecule has 0 spiro atoms. The third-order valence-electron chi connectivity index (χ3n) is 3.90. The highest BCUT2D eigenvalue weighted by atomic mass is 35.5. The molecule has 4 nitrogen and oxygen atoms in total. The number of hydrogen-bond donors (Lipinski definition) is 1. The number of carboxylic acid groups (broad SMARTS) is 1. The molecule has 3 rings (SSSR count). The number of rotatable bonds is 6. The molecule has 29 heavy (non-hydrogen) atoms. The fourth-order valence-corrected chi connectivity index (χ4v) is 3.50. The van der Waals surface area contributed by atoms with Gasteiger partial charge in [0.1, 0.15) is 18.2 Å². The van der Waals surface area contributed by atoms with Gasteiger partial charge in [-0.2, -0.15) is 13.2 Å². The Kier molecular flexibility index (Phi) is 6.09. The van der Waals surface area contributed by atoms with Crippen molar-refractivity contribution in [3.05, 3.63) is 80.0 Å². The van der Waals surface area contributed by atoms with E-state index in [9.17, 15) is 22.4 Å². The summed E-state index contributed by atoms with van der Waals surface area (Å²) in [5.74, 6) is -1.59. The largest absolute Gasteiger partial charge is 0.489 e. The SMILES string of the molecule is O=C(O)c1csc(Cc2cc(C(F)(F)F)ccc2OCc2ccc(F)cc2Cl)n1. The van der Waals surface area contributed by atoms with E-state index in [1.165, 1.54) is 23.6 Å². The van der Waals surface area contributed by atoms with E-state index in [1.807, 2.05) is 0 Å². The van der Waals surface area contributed by atoms with Gasteiger partial charge < -0.3 is 9.84 Å². The number of nitrogens with zero attached hydrogens (tertiary/aromatic N) is 1. The van der Waals surface area contributed by atoms with Crippen LogP contribution in [0.2, 0.25) is 5.02 Å². The Hall–Kier alpha value is -2.65. The highest BCUT2D eigenvalue weighted by Crippen LogP contribution is 2.34. The highest BCUT2D eigenvalue weighted by molar-refractivity contribution is 7.09. The van der Waals surface area contributed by atoms with Crippen LogP contribution in [0.25, 0.3) is 0 Å². The molecule has 1 heterocycles. The minimum Gasteiger partial charge on any atom is -0.489 e. The smallest absolute Gasteiger partial charge is 0.416 e. The van der Waals surface area contributed by atoms with Crippen LogP contribution < -0.4 is 4.74 Å². The second kappa shape index (κ2) is 8.38. The van der Waals surface area contributed by atoms with Gasteiger partial charge in [-0.3, -0.25) is 0 Å². The molecular weight excluding hydrogens is 434 g/mol. The Labute approximate surface area is 171 Å². The quantitative estimate of drug-likeness (QED) is 0.485. The number of carboxylic acids is 1. The summed E-state index contributed by atoms with van der Waals surface area (Å²) in [7, 11) is 0. The van der Waals surface area contributed by atoms with Crippen molar-refractivity contribution in [2.24, 2.45) is 0 Å². The Morgan fingerprint density at radius 1 is 1.17 bits per heavy atom. The first-order valence-corrected chi connectivity index (χ1v) is 9.34. The summed E-state index contributed by atoms with van der Waals surface area (Å²) in [4.78, 5) is 14.9. The van der Waals surface area contributed by atoms with Crippen molar-refractivity contribution in [2.45, 2.75) is 19.2 Å². The molecule has 3 aromatic rings. The summed E-state index contributed by atoms with van der Waals surface area (Å²) < 4.78 is 58.1. The zero-order valence-corrected chi connectivity index (χ0v) is 16.0. The third-order valence-corrected chi connectivity index (χ3v) is 5.10. The van der Waals surface area contributed by atoms with E-state index >= 15 is 0 Å². The van der Waals surface area contributed by atoms with E-state index in [2.05, 4.69) is 4.98 Å². The second-order valence-corrected chi connectivity index (χ2v) is 7.30. The number of thiazole rings is 1. The van der Waals surface area contributed by atoms with Crippen molar-refractivity contribution in [1.29, 1.82) is 0 Å². The lowest BCUT2D eigenvalue weighted by molar-refractivity contribution is -0.137. The van der Waals surface area contributed by atoms with Gasteiger partial charge in [-0.05, 0) is 30.3 Å². The lowest BCUT2D eigenvalue weighted by Crippen LogP contribution is -2.07.